The van der Waals surface area contributed by atoms with Crippen molar-refractivity contribution in [1.82, 2.24) is 10.3 Å². The fourth-order valence-electron chi connectivity index (χ4n) is 4.67. The van der Waals surface area contributed by atoms with Crippen molar-refractivity contribution in [2.75, 3.05) is 17.7 Å². The maximum absolute atomic E-state index is 13.8. The van der Waals surface area contributed by atoms with Gasteiger partial charge in [0.25, 0.3) is 5.91 Å². The van der Waals surface area contributed by atoms with Gasteiger partial charge in [0.2, 0.25) is 5.91 Å². The van der Waals surface area contributed by atoms with Crippen LogP contribution in [0.25, 0.3) is 0 Å². The average molecular weight is 559 g/mol. The molecule has 2 heterocycles. The van der Waals surface area contributed by atoms with Crippen molar-refractivity contribution < 1.29 is 18.7 Å². The van der Waals surface area contributed by atoms with Gasteiger partial charge < -0.3 is 20.7 Å². The number of hydrogen-bond acceptors (Lipinski definition) is 6. The fraction of sp³-hybridized carbons (Fsp3) is 0.393. The van der Waals surface area contributed by atoms with Crippen LogP contribution in [0.4, 0.5) is 15.8 Å². The number of aryl methyl sites for hydroxylation is 1. The molecule has 1 fully saturated rings. The number of thiophene rings is 1. The Labute approximate surface area is 231 Å². The van der Waals surface area contributed by atoms with Gasteiger partial charge in [-0.1, -0.05) is 37.3 Å². The molecule has 2 unspecified atom stereocenters. The summed E-state index contributed by atoms with van der Waals surface area (Å²) in [6.45, 7) is 3.90. The van der Waals surface area contributed by atoms with Gasteiger partial charge in [0.15, 0.2) is 11.6 Å². The van der Waals surface area contributed by atoms with Gasteiger partial charge in [-0.25, -0.2) is 4.39 Å². The summed E-state index contributed by atoms with van der Waals surface area (Å²) in [5.74, 6) is -0.748. The Balaban J connectivity index is 1.45. The molecule has 1 aromatic carbocycles. The third-order valence-electron chi connectivity index (χ3n) is 6.79. The number of rotatable bonds is 10. The van der Waals surface area contributed by atoms with Crippen molar-refractivity contribution in [3.8, 4) is 5.75 Å². The van der Waals surface area contributed by atoms with Crippen molar-refractivity contribution >= 4 is 46.1 Å². The van der Waals surface area contributed by atoms with Gasteiger partial charge in [-0.3, -0.25) is 14.6 Å². The standard InChI is InChI=1S/C28H32ClFN4O3S/c1-16-22(13-19(29)15-31-16)32-17(2)25-10-11-26(38-25)28(36)34-23(12-18-6-4-5-7-18)27(35)33-20-8-9-21(30)24(14-20)37-3/h8-11,13-15,17-18,23,32H,4-7,12H2,1-3H3,(H,33,35)(H,34,36). The molecule has 1 saturated carbocycles. The van der Waals surface area contributed by atoms with Gasteiger partial charge in [-0.15, -0.1) is 11.3 Å². The quantitative estimate of drug-likeness (QED) is 0.256. The van der Waals surface area contributed by atoms with E-state index in [1.807, 2.05) is 26.0 Å². The number of ether oxygens (including phenoxy) is 1. The van der Waals surface area contributed by atoms with Crippen molar-refractivity contribution in [3.05, 3.63) is 68.9 Å². The van der Waals surface area contributed by atoms with Gasteiger partial charge in [0.05, 0.1) is 34.4 Å². The van der Waals surface area contributed by atoms with Crippen molar-refractivity contribution in [2.24, 2.45) is 5.92 Å². The molecule has 3 N–H and O–H groups in total. The van der Waals surface area contributed by atoms with E-state index in [0.717, 1.165) is 41.9 Å². The molecule has 0 aliphatic heterocycles. The molecule has 0 bridgehead atoms. The number of nitrogens with one attached hydrogen (secondary N) is 3. The summed E-state index contributed by atoms with van der Waals surface area (Å²) >= 11 is 7.46. The minimum atomic E-state index is -0.720. The van der Waals surface area contributed by atoms with Crippen LogP contribution in [0.3, 0.4) is 0 Å². The van der Waals surface area contributed by atoms with Gasteiger partial charge in [0, 0.05) is 22.8 Å². The van der Waals surface area contributed by atoms with Gasteiger partial charge in [0.1, 0.15) is 6.04 Å². The van der Waals surface area contributed by atoms with E-state index in [0.29, 0.717) is 27.9 Å². The predicted molar refractivity (Wildman–Crippen MR) is 150 cm³/mol. The molecule has 202 valence electrons. The first-order chi connectivity index (χ1) is 18.2. The Morgan fingerprint density at radius 3 is 2.71 bits per heavy atom. The highest BCUT2D eigenvalue weighted by atomic mass is 35.5. The highest BCUT2D eigenvalue weighted by molar-refractivity contribution is 7.14. The van der Waals surface area contributed by atoms with E-state index in [1.54, 1.807) is 12.3 Å². The summed E-state index contributed by atoms with van der Waals surface area (Å²) in [7, 11) is 1.37. The highest BCUT2D eigenvalue weighted by Gasteiger charge is 2.28. The summed E-state index contributed by atoms with van der Waals surface area (Å²) in [5, 5.41) is 9.70. The lowest BCUT2D eigenvalue weighted by Gasteiger charge is -2.21. The summed E-state index contributed by atoms with van der Waals surface area (Å²) < 4.78 is 18.8. The number of benzene rings is 1. The molecule has 0 spiro atoms. The molecule has 2 amide bonds. The van der Waals surface area contributed by atoms with E-state index >= 15 is 0 Å². The predicted octanol–water partition coefficient (Wildman–Crippen LogP) is 6.74. The number of nitrogens with zero attached hydrogens (tertiary/aromatic N) is 1. The molecular weight excluding hydrogens is 527 g/mol. The summed E-state index contributed by atoms with van der Waals surface area (Å²) in [5.41, 5.74) is 2.06. The third-order valence-corrected chi connectivity index (χ3v) is 8.26. The Kier molecular flexibility index (Phi) is 9.22. The fourth-order valence-corrected chi connectivity index (χ4v) is 5.74. The number of carbonyl (C=O) groups is 2. The third kappa shape index (κ3) is 7.02. The number of methoxy groups -OCH3 is 1. The van der Waals surface area contributed by atoms with Crippen LogP contribution in [-0.2, 0) is 4.79 Å². The molecule has 2 aromatic heterocycles. The molecule has 3 aromatic rings. The van der Waals surface area contributed by atoms with Crippen LogP contribution < -0.4 is 20.7 Å². The monoisotopic (exact) mass is 558 g/mol. The number of amides is 2. The van der Waals surface area contributed by atoms with Gasteiger partial charge in [-0.05, 0) is 56.5 Å². The molecule has 2 atom stereocenters. The smallest absolute Gasteiger partial charge is 0.262 e. The van der Waals surface area contributed by atoms with E-state index in [2.05, 4.69) is 20.9 Å². The number of carbonyl (C=O) groups excluding carboxylic acids is 2. The number of pyridine rings is 1. The zero-order valence-electron chi connectivity index (χ0n) is 21.6. The lowest BCUT2D eigenvalue weighted by molar-refractivity contribution is -0.118. The summed E-state index contributed by atoms with van der Waals surface area (Å²) in [6, 6.07) is 8.84. The molecule has 0 saturated heterocycles. The average Bonchev–Trinajstić information content (AvgIpc) is 3.59. The van der Waals surface area contributed by atoms with Crippen molar-refractivity contribution in [1.29, 1.82) is 0 Å². The first-order valence-electron chi connectivity index (χ1n) is 12.7. The SMILES string of the molecule is COc1cc(NC(=O)C(CC2CCCC2)NC(=O)c2ccc(C(C)Nc3cc(Cl)cnc3C)s2)ccc1F. The van der Waals surface area contributed by atoms with Crippen LogP contribution in [-0.4, -0.2) is 29.9 Å². The lowest BCUT2D eigenvalue weighted by Crippen LogP contribution is -2.44. The number of anilines is 2. The zero-order chi connectivity index (χ0) is 27.2. The second kappa shape index (κ2) is 12.6. The first kappa shape index (κ1) is 27.9. The van der Waals surface area contributed by atoms with Gasteiger partial charge in [-0.2, -0.15) is 0 Å². The molecule has 10 heteroatoms. The number of hydrogen-bond donors (Lipinski definition) is 3. The number of aromatic nitrogens is 1. The topological polar surface area (TPSA) is 92.4 Å². The Morgan fingerprint density at radius 1 is 1.21 bits per heavy atom. The van der Waals surface area contributed by atoms with Crippen LogP contribution in [0.5, 0.6) is 5.75 Å². The molecule has 1 aliphatic carbocycles. The van der Waals surface area contributed by atoms with E-state index in [1.165, 1.54) is 36.6 Å². The summed E-state index contributed by atoms with van der Waals surface area (Å²) in [6.07, 6.45) is 6.48. The second-order valence-electron chi connectivity index (χ2n) is 9.61. The first-order valence-corrected chi connectivity index (χ1v) is 13.9. The lowest BCUT2D eigenvalue weighted by atomic mass is 9.97. The molecule has 4 rings (SSSR count). The largest absolute Gasteiger partial charge is 0.494 e. The molecule has 1 aliphatic rings. The molecule has 7 nitrogen and oxygen atoms in total. The van der Waals surface area contributed by atoms with Crippen LogP contribution in [0.15, 0.2) is 42.6 Å². The van der Waals surface area contributed by atoms with Crippen LogP contribution >= 0.6 is 22.9 Å². The maximum atomic E-state index is 13.8. The van der Waals surface area contributed by atoms with Crippen LogP contribution in [0.1, 0.15) is 65.3 Å². The Bertz CT molecular complexity index is 1290. The van der Waals surface area contributed by atoms with Crippen LogP contribution in [0, 0.1) is 18.7 Å². The van der Waals surface area contributed by atoms with E-state index in [9.17, 15) is 14.0 Å². The van der Waals surface area contributed by atoms with E-state index in [4.69, 9.17) is 16.3 Å². The van der Waals surface area contributed by atoms with Gasteiger partial charge >= 0.3 is 0 Å². The van der Waals surface area contributed by atoms with E-state index in [-0.39, 0.29) is 23.6 Å². The minimum absolute atomic E-state index is 0.0387. The number of halogens is 2. The van der Waals surface area contributed by atoms with E-state index < -0.39 is 11.9 Å². The highest BCUT2D eigenvalue weighted by Crippen LogP contribution is 2.31. The molecular formula is C28H32ClFN4O3S. The Hall–Kier alpha value is -3.17. The van der Waals surface area contributed by atoms with Crippen LogP contribution in [0.2, 0.25) is 5.02 Å². The molecule has 0 radical (unpaired) electrons. The normalized spacial score (nSPS) is 15.1. The molecule has 38 heavy (non-hydrogen) atoms. The zero-order valence-corrected chi connectivity index (χ0v) is 23.2. The summed E-state index contributed by atoms with van der Waals surface area (Å²) in [4.78, 5) is 32.2. The minimum Gasteiger partial charge on any atom is -0.494 e. The maximum Gasteiger partial charge on any atom is 0.262 e. The van der Waals surface area contributed by atoms with Crippen molar-refractivity contribution in [3.63, 3.8) is 0 Å². The second-order valence-corrected chi connectivity index (χ2v) is 11.2. The Morgan fingerprint density at radius 2 is 1.97 bits per heavy atom. The van der Waals surface area contributed by atoms with Crippen molar-refractivity contribution in [2.45, 2.75) is 58.0 Å².